The number of nitrogens with zero attached hydrogens (tertiary/aromatic N) is 2. The first-order valence-electron chi connectivity index (χ1n) is 5.02. The average molecular weight is 234 g/mol. The molecular formula is C12H11FN2O2. The van der Waals surface area contributed by atoms with Crippen LogP contribution in [-0.4, -0.2) is 22.6 Å². The molecule has 0 bridgehead atoms. The highest BCUT2D eigenvalue weighted by Crippen LogP contribution is 2.21. The van der Waals surface area contributed by atoms with Crippen LogP contribution >= 0.6 is 0 Å². The van der Waals surface area contributed by atoms with E-state index in [1.54, 1.807) is 31.5 Å². The summed E-state index contributed by atoms with van der Waals surface area (Å²) in [7, 11) is 1.26. The molecule has 0 radical (unpaired) electrons. The highest BCUT2D eigenvalue weighted by molar-refractivity contribution is 5.94. The number of carbonyl (C=O) groups is 1. The molecule has 0 atom stereocenters. The van der Waals surface area contributed by atoms with Crippen LogP contribution in [-0.2, 0) is 4.74 Å². The summed E-state index contributed by atoms with van der Waals surface area (Å²) in [6.45, 7) is 1.64. The molecule has 0 saturated heterocycles. The average Bonchev–Trinajstić information content (AvgIpc) is 2.84. The van der Waals surface area contributed by atoms with Gasteiger partial charge in [0.2, 0.25) is 0 Å². The van der Waals surface area contributed by atoms with Gasteiger partial charge in [-0.25, -0.2) is 9.18 Å². The van der Waals surface area contributed by atoms with Crippen molar-refractivity contribution >= 4 is 5.97 Å². The highest BCUT2D eigenvalue weighted by Gasteiger charge is 2.20. The highest BCUT2D eigenvalue weighted by atomic mass is 19.1. The molecule has 0 aromatic carbocycles. The van der Waals surface area contributed by atoms with E-state index in [1.165, 1.54) is 11.7 Å². The summed E-state index contributed by atoms with van der Waals surface area (Å²) >= 11 is 0. The van der Waals surface area contributed by atoms with Crippen molar-refractivity contribution in [1.82, 2.24) is 9.55 Å². The van der Waals surface area contributed by atoms with E-state index in [2.05, 4.69) is 9.72 Å². The lowest BCUT2D eigenvalue weighted by molar-refractivity contribution is 0.0598. The van der Waals surface area contributed by atoms with Gasteiger partial charge in [0.25, 0.3) is 0 Å². The Bertz CT molecular complexity index is 550. The summed E-state index contributed by atoms with van der Waals surface area (Å²) in [4.78, 5) is 15.5. The third-order valence-electron chi connectivity index (χ3n) is 2.45. The molecule has 0 aliphatic heterocycles. The number of aryl methyl sites for hydroxylation is 1. The lowest BCUT2D eigenvalue weighted by atomic mass is 10.1. The Labute approximate surface area is 97.7 Å². The maximum absolute atomic E-state index is 13.8. The summed E-state index contributed by atoms with van der Waals surface area (Å²) in [5.74, 6) is -1.16. The van der Waals surface area contributed by atoms with Gasteiger partial charge in [-0.05, 0) is 19.1 Å². The second-order valence-electron chi connectivity index (χ2n) is 3.50. The van der Waals surface area contributed by atoms with E-state index in [0.29, 0.717) is 5.69 Å². The molecule has 0 unspecified atom stereocenters. The molecule has 0 aliphatic rings. The van der Waals surface area contributed by atoms with Crippen LogP contribution in [0.5, 0.6) is 0 Å². The minimum Gasteiger partial charge on any atom is -0.465 e. The fraction of sp³-hybridized carbons (Fsp3) is 0.167. The molecule has 17 heavy (non-hydrogen) atoms. The Morgan fingerprint density at radius 3 is 2.65 bits per heavy atom. The van der Waals surface area contributed by atoms with E-state index in [9.17, 15) is 9.18 Å². The first-order valence-corrected chi connectivity index (χ1v) is 5.02. The van der Waals surface area contributed by atoms with Gasteiger partial charge in [-0.3, -0.25) is 4.98 Å². The molecule has 0 aliphatic carbocycles. The minimum absolute atomic E-state index is 0.142. The maximum atomic E-state index is 13.8. The van der Waals surface area contributed by atoms with Crippen LogP contribution in [0.2, 0.25) is 0 Å². The lowest BCUT2D eigenvalue weighted by Gasteiger charge is -2.11. The molecule has 0 saturated carbocycles. The van der Waals surface area contributed by atoms with Crippen LogP contribution in [0.4, 0.5) is 4.39 Å². The monoisotopic (exact) mass is 234 g/mol. The van der Waals surface area contributed by atoms with Crippen LogP contribution in [0.1, 0.15) is 16.1 Å². The number of ether oxygens (including phenoxy) is 1. The van der Waals surface area contributed by atoms with Gasteiger partial charge in [-0.2, -0.15) is 0 Å². The number of carbonyl (C=O) groups excluding carboxylic acids is 1. The quantitative estimate of drug-likeness (QED) is 0.747. The number of hydrogen-bond donors (Lipinski definition) is 0. The summed E-state index contributed by atoms with van der Waals surface area (Å²) in [6, 6.07) is 3.49. The fourth-order valence-corrected chi connectivity index (χ4v) is 1.65. The zero-order chi connectivity index (χ0) is 12.4. The van der Waals surface area contributed by atoms with Crippen LogP contribution < -0.4 is 0 Å². The molecule has 0 amide bonds. The normalized spacial score (nSPS) is 10.3. The Morgan fingerprint density at radius 2 is 2.06 bits per heavy atom. The molecule has 88 valence electrons. The van der Waals surface area contributed by atoms with Gasteiger partial charge < -0.3 is 9.30 Å². The van der Waals surface area contributed by atoms with E-state index >= 15 is 0 Å². The zero-order valence-corrected chi connectivity index (χ0v) is 9.48. The van der Waals surface area contributed by atoms with Crippen LogP contribution in [0.25, 0.3) is 5.69 Å². The number of rotatable bonds is 2. The first-order chi connectivity index (χ1) is 8.15. The van der Waals surface area contributed by atoms with Gasteiger partial charge in [-0.1, -0.05) is 0 Å². The predicted molar refractivity (Wildman–Crippen MR) is 59.6 cm³/mol. The molecule has 0 N–H and O–H groups in total. The standard InChI is InChI=1S/C12H11FN2O2/c1-8-10(12(16)17-2)11(9(13)7-14-8)15-5-3-4-6-15/h3-7H,1-2H3. The van der Waals surface area contributed by atoms with E-state index in [-0.39, 0.29) is 11.3 Å². The number of halogens is 1. The molecule has 5 heteroatoms. The molecule has 4 nitrogen and oxygen atoms in total. The Kier molecular flexibility index (Phi) is 2.91. The predicted octanol–water partition coefficient (Wildman–Crippen LogP) is 2.11. The summed E-state index contributed by atoms with van der Waals surface area (Å²) in [5, 5.41) is 0. The van der Waals surface area contributed by atoms with Crippen molar-refractivity contribution in [3.63, 3.8) is 0 Å². The minimum atomic E-state index is -0.599. The maximum Gasteiger partial charge on any atom is 0.341 e. The second-order valence-corrected chi connectivity index (χ2v) is 3.50. The largest absolute Gasteiger partial charge is 0.465 e. The second kappa shape index (κ2) is 4.37. The summed E-state index contributed by atoms with van der Waals surface area (Å²) < 4.78 is 20.0. The van der Waals surface area contributed by atoms with Gasteiger partial charge in [0.05, 0.1) is 24.7 Å². The van der Waals surface area contributed by atoms with Crippen molar-refractivity contribution in [2.24, 2.45) is 0 Å². The molecule has 2 rings (SSSR count). The Hall–Kier alpha value is -2.17. The topological polar surface area (TPSA) is 44.1 Å². The first kappa shape index (κ1) is 11.3. The fourth-order valence-electron chi connectivity index (χ4n) is 1.65. The van der Waals surface area contributed by atoms with Crippen molar-refractivity contribution in [3.05, 3.63) is 47.8 Å². The Balaban J connectivity index is 2.72. The number of pyridine rings is 1. The van der Waals surface area contributed by atoms with E-state index in [1.807, 2.05) is 0 Å². The lowest BCUT2D eigenvalue weighted by Crippen LogP contribution is -2.12. The van der Waals surface area contributed by atoms with Crippen molar-refractivity contribution in [2.75, 3.05) is 7.11 Å². The van der Waals surface area contributed by atoms with Crippen molar-refractivity contribution in [2.45, 2.75) is 6.92 Å². The summed E-state index contributed by atoms with van der Waals surface area (Å²) in [5.41, 5.74) is 0.736. The van der Waals surface area contributed by atoms with Gasteiger partial charge in [-0.15, -0.1) is 0 Å². The van der Waals surface area contributed by atoms with Crippen LogP contribution in [0.3, 0.4) is 0 Å². The molecule has 2 heterocycles. The van der Waals surface area contributed by atoms with E-state index in [4.69, 9.17) is 0 Å². The number of hydrogen-bond acceptors (Lipinski definition) is 3. The molecule has 0 spiro atoms. The van der Waals surface area contributed by atoms with Crippen LogP contribution in [0, 0.1) is 12.7 Å². The molecule has 2 aromatic heterocycles. The molecule has 0 fully saturated rings. The van der Waals surface area contributed by atoms with E-state index in [0.717, 1.165) is 6.20 Å². The smallest absolute Gasteiger partial charge is 0.341 e. The Morgan fingerprint density at radius 1 is 1.41 bits per heavy atom. The number of methoxy groups -OCH3 is 1. The zero-order valence-electron chi connectivity index (χ0n) is 9.48. The van der Waals surface area contributed by atoms with Gasteiger partial charge in [0.1, 0.15) is 5.56 Å². The SMILES string of the molecule is COC(=O)c1c(C)ncc(F)c1-n1cccc1. The van der Waals surface area contributed by atoms with Crippen molar-refractivity contribution < 1.29 is 13.9 Å². The van der Waals surface area contributed by atoms with Crippen molar-refractivity contribution in [3.8, 4) is 5.69 Å². The molecule has 2 aromatic rings. The third kappa shape index (κ3) is 1.91. The van der Waals surface area contributed by atoms with Gasteiger partial charge >= 0.3 is 5.97 Å². The summed E-state index contributed by atoms with van der Waals surface area (Å²) in [6.07, 6.45) is 4.41. The number of esters is 1. The number of aromatic nitrogens is 2. The van der Waals surface area contributed by atoms with E-state index < -0.39 is 11.8 Å². The third-order valence-corrected chi connectivity index (χ3v) is 2.45. The van der Waals surface area contributed by atoms with Gasteiger partial charge in [0.15, 0.2) is 5.82 Å². The van der Waals surface area contributed by atoms with Crippen LogP contribution in [0.15, 0.2) is 30.7 Å². The van der Waals surface area contributed by atoms with Crippen molar-refractivity contribution in [1.29, 1.82) is 0 Å². The van der Waals surface area contributed by atoms with Gasteiger partial charge in [0, 0.05) is 12.4 Å². The molecular weight excluding hydrogens is 223 g/mol.